The standard InChI is InChI=1S/C16H22N2O2/c1-16(2,13-7-8-13)18-10-14(19)11-20-15-6-4-3-5-12(15)9-17/h3-6,13-14,18-19H,7-8,10-11H2,1-2H3. The third-order valence-corrected chi connectivity index (χ3v) is 3.83. The zero-order chi connectivity index (χ0) is 14.6. The van der Waals surface area contributed by atoms with Gasteiger partial charge in [0.05, 0.1) is 5.56 Å². The van der Waals surface area contributed by atoms with E-state index in [1.807, 2.05) is 6.07 Å². The number of aliphatic hydroxyl groups excluding tert-OH is 1. The first-order chi connectivity index (χ1) is 9.53. The molecule has 20 heavy (non-hydrogen) atoms. The molecule has 108 valence electrons. The van der Waals surface area contributed by atoms with Gasteiger partial charge in [0.2, 0.25) is 0 Å². The summed E-state index contributed by atoms with van der Waals surface area (Å²) in [5.41, 5.74) is 0.567. The van der Waals surface area contributed by atoms with Gasteiger partial charge < -0.3 is 15.2 Å². The summed E-state index contributed by atoms with van der Waals surface area (Å²) in [6.07, 6.45) is 1.95. The normalized spacial score (nSPS) is 16.5. The van der Waals surface area contributed by atoms with Crippen LogP contribution in [0.15, 0.2) is 24.3 Å². The zero-order valence-corrected chi connectivity index (χ0v) is 12.1. The summed E-state index contributed by atoms with van der Waals surface area (Å²) in [6.45, 7) is 5.02. The Balaban J connectivity index is 1.77. The van der Waals surface area contributed by atoms with E-state index in [0.717, 1.165) is 5.92 Å². The molecular formula is C16H22N2O2. The Morgan fingerprint density at radius 3 is 2.80 bits per heavy atom. The molecule has 4 heteroatoms. The first-order valence-electron chi connectivity index (χ1n) is 7.08. The molecule has 0 radical (unpaired) electrons. The molecule has 0 saturated heterocycles. The first kappa shape index (κ1) is 14.8. The van der Waals surface area contributed by atoms with Gasteiger partial charge in [-0.3, -0.25) is 0 Å². The minimum Gasteiger partial charge on any atom is -0.489 e. The third kappa shape index (κ3) is 3.96. The van der Waals surface area contributed by atoms with Crippen LogP contribution in [-0.4, -0.2) is 29.9 Å². The molecule has 2 N–H and O–H groups in total. The predicted octanol–water partition coefficient (Wildman–Crippen LogP) is 2.08. The molecule has 1 aromatic carbocycles. The molecule has 1 aromatic rings. The maximum atomic E-state index is 9.97. The van der Waals surface area contributed by atoms with Gasteiger partial charge in [-0.25, -0.2) is 0 Å². The Hall–Kier alpha value is -1.57. The fraction of sp³-hybridized carbons (Fsp3) is 0.562. The van der Waals surface area contributed by atoms with Crippen molar-refractivity contribution < 1.29 is 9.84 Å². The highest BCUT2D eigenvalue weighted by Crippen LogP contribution is 2.39. The number of nitriles is 1. The summed E-state index contributed by atoms with van der Waals surface area (Å²) in [6, 6.07) is 9.13. The van der Waals surface area contributed by atoms with Gasteiger partial charge in [-0.2, -0.15) is 5.26 Å². The molecule has 1 aliphatic carbocycles. The fourth-order valence-electron chi connectivity index (χ4n) is 2.26. The summed E-state index contributed by atoms with van der Waals surface area (Å²) >= 11 is 0. The Labute approximate surface area is 120 Å². The molecule has 1 aliphatic rings. The van der Waals surface area contributed by atoms with Crippen molar-refractivity contribution in [1.29, 1.82) is 5.26 Å². The molecule has 1 unspecified atom stereocenters. The first-order valence-corrected chi connectivity index (χ1v) is 7.08. The molecule has 0 aromatic heterocycles. The van der Waals surface area contributed by atoms with Crippen LogP contribution < -0.4 is 10.1 Å². The zero-order valence-electron chi connectivity index (χ0n) is 12.1. The molecule has 1 fully saturated rings. The van der Waals surface area contributed by atoms with Gasteiger partial charge in [0, 0.05) is 12.1 Å². The van der Waals surface area contributed by atoms with Gasteiger partial charge in [0.25, 0.3) is 0 Å². The summed E-state index contributed by atoms with van der Waals surface area (Å²) in [5.74, 6) is 1.24. The molecule has 2 rings (SSSR count). The second kappa shape index (κ2) is 6.25. The van der Waals surface area contributed by atoms with E-state index >= 15 is 0 Å². The van der Waals surface area contributed by atoms with Crippen molar-refractivity contribution in [3.05, 3.63) is 29.8 Å². The fourth-order valence-corrected chi connectivity index (χ4v) is 2.26. The Morgan fingerprint density at radius 2 is 2.15 bits per heavy atom. The lowest BCUT2D eigenvalue weighted by Crippen LogP contribution is -2.46. The van der Waals surface area contributed by atoms with Crippen LogP contribution in [0, 0.1) is 17.2 Å². The maximum Gasteiger partial charge on any atom is 0.137 e. The number of aliphatic hydroxyl groups is 1. The van der Waals surface area contributed by atoms with Crippen LogP contribution in [0.5, 0.6) is 5.75 Å². The van der Waals surface area contributed by atoms with Gasteiger partial charge in [0.15, 0.2) is 0 Å². The van der Waals surface area contributed by atoms with Crippen LogP contribution in [0.2, 0.25) is 0 Å². The van der Waals surface area contributed by atoms with E-state index in [1.54, 1.807) is 18.2 Å². The number of hydrogen-bond donors (Lipinski definition) is 2. The molecule has 0 bridgehead atoms. The number of rotatable bonds is 7. The van der Waals surface area contributed by atoms with E-state index < -0.39 is 6.10 Å². The second-order valence-corrected chi connectivity index (χ2v) is 5.95. The number of ether oxygens (including phenoxy) is 1. The number of hydrogen-bond acceptors (Lipinski definition) is 4. The van der Waals surface area contributed by atoms with Gasteiger partial charge in [-0.15, -0.1) is 0 Å². The van der Waals surface area contributed by atoms with E-state index in [9.17, 15) is 5.11 Å². The number of nitrogens with one attached hydrogen (secondary N) is 1. The third-order valence-electron chi connectivity index (χ3n) is 3.83. The largest absolute Gasteiger partial charge is 0.489 e. The molecule has 0 amide bonds. The maximum absolute atomic E-state index is 9.97. The molecule has 0 spiro atoms. The number of benzene rings is 1. The predicted molar refractivity (Wildman–Crippen MR) is 77.5 cm³/mol. The highest BCUT2D eigenvalue weighted by molar-refractivity contribution is 5.42. The smallest absolute Gasteiger partial charge is 0.137 e. The van der Waals surface area contributed by atoms with Gasteiger partial charge in [0.1, 0.15) is 24.5 Å². The summed E-state index contributed by atoms with van der Waals surface area (Å²) in [5, 5.41) is 22.3. The minimum absolute atomic E-state index is 0.0749. The van der Waals surface area contributed by atoms with Crippen molar-refractivity contribution in [3.63, 3.8) is 0 Å². The van der Waals surface area contributed by atoms with Crippen LogP contribution in [0.4, 0.5) is 0 Å². The lowest BCUT2D eigenvalue weighted by molar-refractivity contribution is 0.0969. The molecule has 1 saturated carbocycles. The molecular weight excluding hydrogens is 252 g/mol. The molecule has 1 atom stereocenters. The van der Waals surface area contributed by atoms with Crippen molar-refractivity contribution >= 4 is 0 Å². The monoisotopic (exact) mass is 274 g/mol. The van der Waals surface area contributed by atoms with Crippen LogP contribution in [0.25, 0.3) is 0 Å². The summed E-state index contributed by atoms with van der Waals surface area (Å²) < 4.78 is 5.52. The highest BCUT2D eigenvalue weighted by Gasteiger charge is 2.37. The van der Waals surface area contributed by atoms with E-state index in [4.69, 9.17) is 10.00 Å². The minimum atomic E-state index is -0.584. The van der Waals surface area contributed by atoms with Crippen LogP contribution >= 0.6 is 0 Å². The van der Waals surface area contributed by atoms with E-state index in [2.05, 4.69) is 25.2 Å². The molecule has 4 nitrogen and oxygen atoms in total. The van der Waals surface area contributed by atoms with Gasteiger partial charge in [-0.1, -0.05) is 12.1 Å². The quantitative estimate of drug-likeness (QED) is 0.799. The number of para-hydroxylation sites is 1. The van der Waals surface area contributed by atoms with Gasteiger partial charge >= 0.3 is 0 Å². The van der Waals surface area contributed by atoms with Crippen LogP contribution in [0.1, 0.15) is 32.3 Å². The van der Waals surface area contributed by atoms with Crippen molar-refractivity contribution in [1.82, 2.24) is 5.32 Å². The Morgan fingerprint density at radius 1 is 1.45 bits per heavy atom. The Bertz CT molecular complexity index is 489. The van der Waals surface area contributed by atoms with Crippen molar-refractivity contribution in [2.24, 2.45) is 5.92 Å². The average Bonchev–Trinajstić information content (AvgIpc) is 3.28. The summed E-state index contributed by atoms with van der Waals surface area (Å²) in [7, 11) is 0. The lowest BCUT2D eigenvalue weighted by atomic mass is 9.98. The lowest BCUT2D eigenvalue weighted by Gasteiger charge is -2.27. The highest BCUT2D eigenvalue weighted by atomic mass is 16.5. The summed E-state index contributed by atoms with van der Waals surface area (Å²) in [4.78, 5) is 0. The SMILES string of the molecule is CC(C)(NCC(O)COc1ccccc1C#N)C1CC1. The van der Waals surface area contributed by atoms with Crippen LogP contribution in [-0.2, 0) is 0 Å². The Kier molecular flexibility index (Phi) is 4.64. The second-order valence-electron chi connectivity index (χ2n) is 5.95. The van der Waals surface area contributed by atoms with E-state index in [0.29, 0.717) is 17.9 Å². The number of nitrogens with zero attached hydrogens (tertiary/aromatic N) is 1. The molecule has 0 aliphatic heterocycles. The van der Waals surface area contributed by atoms with E-state index in [-0.39, 0.29) is 12.1 Å². The average molecular weight is 274 g/mol. The van der Waals surface area contributed by atoms with E-state index in [1.165, 1.54) is 12.8 Å². The van der Waals surface area contributed by atoms with Crippen LogP contribution in [0.3, 0.4) is 0 Å². The topological polar surface area (TPSA) is 65.3 Å². The van der Waals surface area contributed by atoms with Gasteiger partial charge in [-0.05, 0) is 44.7 Å². The van der Waals surface area contributed by atoms with Crippen molar-refractivity contribution in [2.45, 2.75) is 38.3 Å². The van der Waals surface area contributed by atoms with Crippen molar-refractivity contribution in [2.75, 3.05) is 13.2 Å². The number of β-amino-alcohol motifs (C(OH)–C–C–N with tert-alkyl or cyclic N) is 1. The van der Waals surface area contributed by atoms with Crippen molar-refractivity contribution in [3.8, 4) is 11.8 Å². The molecule has 0 heterocycles.